The molecule has 0 amide bonds. The summed E-state index contributed by atoms with van der Waals surface area (Å²) in [4.78, 5) is 4.05. The van der Waals surface area contributed by atoms with Gasteiger partial charge in [-0.25, -0.2) is 0 Å². The molecule has 1 aromatic heterocycles. The van der Waals surface area contributed by atoms with Crippen LogP contribution in [0.4, 0.5) is 0 Å². The Balaban J connectivity index is 1.94. The van der Waals surface area contributed by atoms with Crippen LogP contribution < -0.4 is 10.5 Å². The lowest BCUT2D eigenvalue weighted by molar-refractivity contribution is 0.574. The first-order chi connectivity index (χ1) is 9.47. The number of benzene rings is 1. The molecule has 0 fully saturated rings. The number of nitrogens with zero attached hydrogens (tertiary/aromatic N) is 1. The van der Waals surface area contributed by atoms with E-state index >= 15 is 0 Å². The summed E-state index contributed by atoms with van der Waals surface area (Å²) in [6.45, 7) is 10.2. The van der Waals surface area contributed by atoms with E-state index in [2.05, 4.69) is 73.3 Å². The largest absolute Gasteiger partial charge is 0.306 e. The standard InChI is InChI=1S/C17H24N2Si/c1-14(16-9-11-18-12-10-16)19-13-15-5-7-17(8-6-15)20(2,3)4/h5-12,14,19H,13H2,1-4H3/t14-/m1/s1. The lowest BCUT2D eigenvalue weighted by atomic mass is 10.1. The summed E-state index contributed by atoms with van der Waals surface area (Å²) >= 11 is 0. The van der Waals surface area contributed by atoms with Crippen LogP contribution in [0.5, 0.6) is 0 Å². The maximum absolute atomic E-state index is 4.05. The molecular formula is C17H24N2Si. The Hall–Kier alpha value is -1.45. The summed E-state index contributed by atoms with van der Waals surface area (Å²) < 4.78 is 0. The predicted molar refractivity (Wildman–Crippen MR) is 88.9 cm³/mol. The molecule has 0 unspecified atom stereocenters. The molecule has 1 atom stereocenters. The zero-order valence-corrected chi connectivity index (χ0v) is 13.9. The Bertz CT molecular complexity index is 529. The highest BCUT2D eigenvalue weighted by Gasteiger charge is 2.15. The SMILES string of the molecule is C[C@@H](NCc1ccc([Si](C)(C)C)cc1)c1ccncc1. The molecular weight excluding hydrogens is 260 g/mol. The maximum atomic E-state index is 4.05. The lowest BCUT2D eigenvalue weighted by Gasteiger charge is -2.18. The third-order valence-corrected chi connectivity index (χ3v) is 5.70. The van der Waals surface area contributed by atoms with Gasteiger partial charge in [-0.05, 0) is 30.2 Å². The molecule has 2 aromatic rings. The molecule has 0 saturated carbocycles. The normalized spacial score (nSPS) is 13.2. The molecule has 106 valence electrons. The van der Waals surface area contributed by atoms with Gasteiger partial charge in [-0.2, -0.15) is 0 Å². The Morgan fingerprint density at radius 3 is 2.15 bits per heavy atom. The van der Waals surface area contributed by atoms with E-state index in [0.717, 1.165) is 6.54 Å². The fourth-order valence-electron chi connectivity index (χ4n) is 2.16. The van der Waals surface area contributed by atoms with Crippen molar-refractivity contribution < 1.29 is 0 Å². The van der Waals surface area contributed by atoms with E-state index in [4.69, 9.17) is 0 Å². The second-order valence-electron chi connectivity index (χ2n) is 6.33. The summed E-state index contributed by atoms with van der Waals surface area (Å²) in [5.41, 5.74) is 2.62. The Kier molecular flexibility index (Phi) is 4.73. The molecule has 3 heteroatoms. The van der Waals surface area contributed by atoms with Crippen LogP contribution in [-0.2, 0) is 6.54 Å². The highest BCUT2D eigenvalue weighted by Crippen LogP contribution is 2.11. The van der Waals surface area contributed by atoms with Crippen molar-refractivity contribution in [2.45, 2.75) is 39.2 Å². The van der Waals surface area contributed by atoms with Crippen molar-refractivity contribution >= 4 is 13.3 Å². The van der Waals surface area contributed by atoms with Gasteiger partial charge in [0.25, 0.3) is 0 Å². The van der Waals surface area contributed by atoms with Gasteiger partial charge in [0.1, 0.15) is 0 Å². The first-order valence-electron chi connectivity index (χ1n) is 7.19. The van der Waals surface area contributed by atoms with E-state index in [1.165, 1.54) is 16.3 Å². The molecule has 2 nitrogen and oxygen atoms in total. The van der Waals surface area contributed by atoms with Crippen LogP contribution >= 0.6 is 0 Å². The Morgan fingerprint density at radius 2 is 1.60 bits per heavy atom. The molecule has 1 heterocycles. The third kappa shape index (κ3) is 4.02. The van der Waals surface area contributed by atoms with Gasteiger partial charge >= 0.3 is 0 Å². The topological polar surface area (TPSA) is 24.9 Å². The number of hydrogen-bond acceptors (Lipinski definition) is 2. The van der Waals surface area contributed by atoms with Gasteiger partial charge in [-0.1, -0.05) is 49.1 Å². The van der Waals surface area contributed by atoms with Crippen molar-refractivity contribution in [2.24, 2.45) is 0 Å². The van der Waals surface area contributed by atoms with Crippen molar-refractivity contribution in [1.29, 1.82) is 0 Å². The number of pyridine rings is 1. The third-order valence-electron chi connectivity index (χ3n) is 3.64. The molecule has 0 aliphatic carbocycles. The minimum absolute atomic E-state index is 0.342. The van der Waals surface area contributed by atoms with Crippen molar-refractivity contribution in [2.75, 3.05) is 0 Å². The van der Waals surface area contributed by atoms with Crippen LogP contribution in [0.2, 0.25) is 19.6 Å². The van der Waals surface area contributed by atoms with Crippen LogP contribution in [-0.4, -0.2) is 13.1 Å². The number of hydrogen-bond donors (Lipinski definition) is 1. The van der Waals surface area contributed by atoms with Crippen molar-refractivity contribution in [1.82, 2.24) is 10.3 Å². The van der Waals surface area contributed by atoms with Crippen LogP contribution in [0, 0.1) is 0 Å². The van der Waals surface area contributed by atoms with Gasteiger partial charge in [0.05, 0.1) is 8.07 Å². The molecule has 0 bridgehead atoms. The molecule has 0 aliphatic rings. The van der Waals surface area contributed by atoms with Crippen molar-refractivity contribution in [3.05, 3.63) is 59.9 Å². The van der Waals surface area contributed by atoms with Crippen LogP contribution in [0.15, 0.2) is 48.8 Å². The van der Waals surface area contributed by atoms with Crippen LogP contribution in [0.1, 0.15) is 24.1 Å². The van der Waals surface area contributed by atoms with Gasteiger partial charge in [0.15, 0.2) is 0 Å². The molecule has 1 N–H and O–H groups in total. The fourth-order valence-corrected chi connectivity index (χ4v) is 3.33. The minimum Gasteiger partial charge on any atom is -0.306 e. The monoisotopic (exact) mass is 284 g/mol. The second-order valence-corrected chi connectivity index (χ2v) is 11.4. The average molecular weight is 284 g/mol. The maximum Gasteiger partial charge on any atom is 0.0775 e. The Morgan fingerprint density at radius 1 is 1.00 bits per heavy atom. The number of aromatic nitrogens is 1. The zero-order chi connectivity index (χ0) is 14.6. The average Bonchev–Trinajstić information content (AvgIpc) is 2.45. The quantitative estimate of drug-likeness (QED) is 0.850. The van der Waals surface area contributed by atoms with E-state index in [-0.39, 0.29) is 0 Å². The molecule has 0 aliphatic heterocycles. The highest BCUT2D eigenvalue weighted by molar-refractivity contribution is 6.88. The highest BCUT2D eigenvalue weighted by atomic mass is 28.3. The molecule has 20 heavy (non-hydrogen) atoms. The van der Waals surface area contributed by atoms with E-state index in [1.807, 2.05) is 12.4 Å². The van der Waals surface area contributed by atoms with Crippen molar-refractivity contribution in [3.63, 3.8) is 0 Å². The molecule has 0 saturated heterocycles. The molecule has 0 radical (unpaired) electrons. The summed E-state index contributed by atoms with van der Waals surface area (Å²) in [7, 11) is -1.18. The van der Waals surface area contributed by atoms with Gasteiger partial charge < -0.3 is 5.32 Å². The van der Waals surface area contributed by atoms with Crippen LogP contribution in [0.25, 0.3) is 0 Å². The van der Waals surface area contributed by atoms with E-state index < -0.39 is 8.07 Å². The van der Waals surface area contributed by atoms with E-state index in [9.17, 15) is 0 Å². The summed E-state index contributed by atoms with van der Waals surface area (Å²) in [6.07, 6.45) is 3.69. The number of nitrogens with one attached hydrogen (secondary N) is 1. The predicted octanol–water partition coefficient (Wildman–Crippen LogP) is 3.48. The second kappa shape index (κ2) is 6.33. The van der Waals surface area contributed by atoms with Gasteiger partial charge in [0.2, 0.25) is 0 Å². The van der Waals surface area contributed by atoms with E-state index in [0.29, 0.717) is 6.04 Å². The molecule has 0 spiro atoms. The van der Waals surface area contributed by atoms with Gasteiger partial charge in [-0.3, -0.25) is 4.98 Å². The zero-order valence-electron chi connectivity index (χ0n) is 12.9. The van der Waals surface area contributed by atoms with Gasteiger partial charge in [0, 0.05) is 25.0 Å². The summed E-state index contributed by atoms with van der Waals surface area (Å²) in [5.74, 6) is 0. The minimum atomic E-state index is -1.18. The fraction of sp³-hybridized carbons (Fsp3) is 0.353. The summed E-state index contributed by atoms with van der Waals surface area (Å²) in [6, 6.07) is 13.5. The van der Waals surface area contributed by atoms with E-state index in [1.54, 1.807) is 0 Å². The van der Waals surface area contributed by atoms with Crippen LogP contribution in [0.3, 0.4) is 0 Å². The first kappa shape index (κ1) is 14.9. The van der Waals surface area contributed by atoms with Gasteiger partial charge in [-0.15, -0.1) is 0 Å². The smallest absolute Gasteiger partial charge is 0.0775 e. The number of rotatable bonds is 5. The first-order valence-corrected chi connectivity index (χ1v) is 10.7. The Labute approximate surface area is 123 Å². The molecule has 2 rings (SSSR count). The van der Waals surface area contributed by atoms with Crippen molar-refractivity contribution in [3.8, 4) is 0 Å². The summed E-state index contributed by atoms with van der Waals surface area (Å²) in [5, 5.41) is 5.07. The molecule has 1 aromatic carbocycles. The lowest BCUT2D eigenvalue weighted by Crippen LogP contribution is -2.37.